The summed E-state index contributed by atoms with van der Waals surface area (Å²) in [5.41, 5.74) is 6.60. The van der Waals surface area contributed by atoms with Crippen molar-refractivity contribution in [1.82, 2.24) is 10.3 Å². The van der Waals surface area contributed by atoms with Crippen molar-refractivity contribution in [3.63, 3.8) is 0 Å². The Balaban J connectivity index is 1.78. The molecule has 1 amide bonds. The van der Waals surface area contributed by atoms with E-state index in [0.29, 0.717) is 11.6 Å². The van der Waals surface area contributed by atoms with Gasteiger partial charge in [0, 0.05) is 17.3 Å². The number of hydrogen-bond acceptors (Lipinski definition) is 4. The van der Waals surface area contributed by atoms with E-state index in [1.54, 1.807) is 17.0 Å². The fourth-order valence-electron chi connectivity index (χ4n) is 2.06. The molecule has 2 N–H and O–H groups in total. The number of halogens is 1. The number of hydrogen-bond donors (Lipinski definition) is 2. The van der Waals surface area contributed by atoms with Gasteiger partial charge in [0.1, 0.15) is 6.04 Å². The molecule has 1 aromatic rings. The van der Waals surface area contributed by atoms with Crippen molar-refractivity contribution in [2.75, 3.05) is 18.5 Å². The summed E-state index contributed by atoms with van der Waals surface area (Å²) in [5, 5.41) is 9.58. The molecule has 1 fully saturated rings. The van der Waals surface area contributed by atoms with Crippen molar-refractivity contribution in [2.24, 2.45) is 0 Å². The molecule has 0 radical (unpaired) electrons. The van der Waals surface area contributed by atoms with E-state index in [9.17, 15) is 4.79 Å². The number of nitrogens with one attached hydrogen (secondary N) is 2. The monoisotopic (exact) mass is 278 g/mol. The van der Waals surface area contributed by atoms with Gasteiger partial charge in [0.05, 0.1) is 12.6 Å². The SMILES string of the molecule is N#CC1CCCN1C(=O)CNNc1ccc(Cl)cc1. The van der Waals surface area contributed by atoms with Crippen LogP contribution in [0.25, 0.3) is 0 Å². The Morgan fingerprint density at radius 1 is 1.47 bits per heavy atom. The summed E-state index contributed by atoms with van der Waals surface area (Å²) in [6.45, 7) is 0.820. The highest BCUT2D eigenvalue weighted by Crippen LogP contribution is 2.16. The fraction of sp³-hybridized carbons (Fsp3) is 0.385. The maximum atomic E-state index is 11.9. The van der Waals surface area contributed by atoms with E-state index in [-0.39, 0.29) is 18.5 Å². The highest BCUT2D eigenvalue weighted by atomic mass is 35.5. The number of carbonyl (C=O) groups is 1. The molecule has 100 valence electrons. The van der Waals surface area contributed by atoms with Gasteiger partial charge in [-0.25, -0.2) is 5.43 Å². The second-order valence-corrected chi connectivity index (χ2v) is 4.80. The Kier molecular flexibility index (Phi) is 4.61. The second-order valence-electron chi connectivity index (χ2n) is 4.36. The zero-order chi connectivity index (χ0) is 13.7. The molecule has 1 unspecified atom stereocenters. The van der Waals surface area contributed by atoms with Gasteiger partial charge in [0.25, 0.3) is 0 Å². The molecule has 6 heteroatoms. The van der Waals surface area contributed by atoms with E-state index in [2.05, 4.69) is 16.9 Å². The van der Waals surface area contributed by atoms with Crippen molar-refractivity contribution >= 4 is 23.2 Å². The Labute approximate surface area is 117 Å². The molecular weight excluding hydrogens is 264 g/mol. The minimum absolute atomic E-state index is 0.0643. The molecule has 1 heterocycles. The summed E-state index contributed by atoms with van der Waals surface area (Å²) >= 11 is 5.77. The van der Waals surface area contributed by atoms with Gasteiger partial charge >= 0.3 is 0 Å². The van der Waals surface area contributed by atoms with E-state index in [0.717, 1.165) is 18.5 Å². The first-order valence-corrected chi connectivity index (χ1v) is 6.52. The van der Waals surface area contributed by atoms with Crippen LogP contribution in [-0.4, -0.2) is 29.9 Å². The molecule has 1 aromatic carbocycles. The molecule has 0 bridgehead atoms. The first kappa shape index (κ1) is 13.7. The van der Waals surface area contributed by atoms with Crippen LogP contribution in [0.3, 0.4) is 0 Å². The highest BCUT2D eigenvalue weighted by Gasteiger charge is 2.27. The number of amides is 1. The van der Waals surface area contributed by atoms with Gasteiger partial charge < -0.3 is 10.3 Å². The lowest BCUT2D eigenvalue weighted by Crippen LogP contribution is -2.41. The molecule has 2 rings (SSSR count). The lowest BCUT2D eigenvalue weighted by atomic mass is 10.2. The number of hydrazine groups is 1. The molecule has 0 spiro atoms. The average molecular weight is 279 g/mol. The highest BCUT2D eigenvalue weighted by molar-refractivity contribution is 6.30. The van der Waals surface area contributed by atoms with E-state index in [1.807, 2.05) is 12.1 Å². The van der Waals surface area contributed by atoms with Crippen LogP contribution >= 0.6 is 11.6 Å². The number of nitriles is 1. The van der Waals surface area contributed by atoms with Crippen LogP contribution in [-0.2, 0) is 4.79 Å². The first-order chi connectivity index (χ1) is 9.20. The van der Waals surface area contributed by atoms with E-state index < -0.39 is 0 Å². The Morgan fingerprint density at radius 2 is 2.21 bits per heavy atom. The third-order valence-electron chi connectivity index (χ3n) is 3.04. The number of rotatable bonds is 4. The van der Waals surface area contributed by atoms with E-state index >= 15 is 0 Å². The fourth-order valence-corrected chi connectivity index (χ4v) is 2.18. The molecule has 5 nitrogen and oxygen atoms in total. The summed E-state index contributed by atoms with van der Waals surface area (Å²) in [4.78, 5) is 13.5. The van der Waals surface area contributed by atoms with Gasteiger partial charge in [0.2, 0.25) is 5.91 Å². The summed E-state index contributed by atoms with van der Waals surface area (Å²) < 4.78 is 0. The maximum Gasteiger partial charge on any atom is 0.239 e. The number of carbonyl (C=O) groups excluding carboxylic acids is 1. The second kappa shape index (κ2) is 6.41. The van der Waals surface area contributed by atoms with Gasteiger partial charge in [-0.3, -0.25) is 4.79 Å². The third kappa shape index (κ3) is 3.60. The van der Waals surface area contributed by atoms with Crippen molar-refractivity contribution in [2.45, 2.75) is 18.9 Å². The van der Waals surface area contributed by atoms with E-state index in [4.69, 9.17) is 16.9 Å². The molecule has 1 aliphatic rings. The summed E-state index contributed by atoms with van der Waals surface area (Å²) in [6.07, 6.45) is 1.67. The van der Waals surface area contributed by atoms with Crippen LogP contribution < -0.4 is 10.9 Å². The van der Waals surface area contributed by atoms with E-state index in [1.165, 1.54) is 0 Å². The van der Waals surface area contributed by atoms with Crippen LogP contribution in [0.4, 0.5) is 5.69 Å². The van der Waals surface area contributed by atoms with Crippen LogP contribution in [0.1, 0.15) is 12.8 Å². The van der Waals surface area contributed by atoms with Gasteiger partial charge in [-0.1, -0.05) is 11.6 Å². The van der Waals surface area contributed by atoms with Crippen LogP contribution in [0.15, 0.2) is 24.3 Å². The molecule has 0 aromatic heterocycles. The minimum atomic E-state index is -0.273. The van der Waals surface area contributed by atoms with Crippen molar-refractivity contribution in [1.29, 1.82) is 5.26 Å². The number of nitrogens with zero attached hydrogens (tertiary/aromatic N) is 2. The van der Waals surface area contributed by atoms with Gasteiger partial charge in [0.15, 0.2) is 0 Å². The molecule has 19 heavy (non-hydrogen) atoms. The summed E-state index contributed by atoms with van der Waals surface area (Å²) in [7, 11) is 0. The summed E-state index contributed by atoms with van der Waals surface area (Å²) in [6, 6.07) is 9.03. The van der Waals surface area contributed by atoms with Crippen molar-refractivity contribution in [3.8, 4) is 6.07 Å². The molecule has 1 saturated heterocycles. The van der Waals surface area contributed by atoms with Gasteiger partial charge in [-0.2, -0.15) is 5.26 Å². The zero-order valence-corrected chi connectivity index (χ0v) is 11.2. The molecule has 0 saturated carbocycles. The minimum Gasteiger partial charge on any atom is -0.325 e. The quantitative estimate of drug-likeness (QED) is 0.824. The van der Waals surface area contributed by atoms with Crippen LogP contribution in [0.5, 0.6) is 0 Å². The average Bonchev–Trinajstić information content (AvgIpc) is 2.89. The zero-order valence-electron chi connectivity index (χ0n) is 10.4. The van der Waals surface area contributed by atoms with Crippen molar-refractivity contribution < 1.29 is 4.79 Å². The first-order valence-electron chi connectivity index (χ1n) is 6.14. The van der Waals surface area contributed by atoms with Gasteiger partial charge in [-0.15, -0.1) is 0 Å². The largest absolute Gasteiger partial charge is 0.325 e. The predicted molar refractivity (Wildman–Crippen MR) is 73.4 cm³/mol. The standard InChI is InChI=1S/C13H15ClN4O/c14-10-3-5-11(6-4-10)17-16-9-13(19)18-7-1-2-12(18)8-15/h3-6,12,16-17H,1-2,7,9H2. The number of likely N-dealkylation sites (tertiary alicyclic amines) is 1. The Bertz CT molecular complexity index is 482. The molecule has 1 atom stereocenters. The maximum absolute atomic E-state index is 11.9. The molecule has 1 aliphatic heterocycles. The summed E-state index contributed by atoms with van der Waals surface area (Å²) in [5.74, 6) is -0.0643. The third-order valence-corrected chi connectivity index (χ3v) is 3.29. The Hall–Kier alpha value is -1.77. The Morgan fingerprint density at radius 3 is 2.89 bits per heavy atom. The van der Waals surface area contributed by atoms with Crippen molar-refractivity contribution in [3.05, 3.63) is 29.3 Å². The molecular formula is C13H15ClN4O. The normalized spacial score (nSPS) is 18.1. The van der Waals surface area contributed by atoms with Crippen LogP contribution in [0, 0.1) is 11.3 Å². The lowest BCUT2D eigenvalue weighted by Gasteiger charge is -2.19. The lowest BCUT2D eigenvalue weighted by molar-refractivity contribution is -0.130. The number of benzene rings is 1. The van der Waals surface area contributed by atoms with Crippen LogP contribution in [0.2, 0.25) is 5.02 Å². The number of anilines is 1. The molecule has 0 aliphatic carbocycles. The smallest absolute Gasteiger partial charge is 0.239 e. The topological polar surface area (TPSA) is 68.2 Å². The predicted octanol–water partition coefficient (Wildman–Crippen LogP) is 1.77. The van der Waals surface area contributed by atoms with Gasteiger partial charge in [-0.05, 0) is 37.1 Å².